The summed E-state index contributed by atoms with van der Waals surface area (Å²) in [7, 11) is 0. The standard InChI is InChI=1S/C12H7N2O2.C7H9N2S.Sn/c15-12-5-9(7-16-12)8-4-11-10(14-6-8)2-1-3-13-11;1-2-4-6(3-1)7-9-8-5-10-7;/h1-2,4-6H,7H2;6H,1-4H2;. The van der Waals surface area contributed by atoms with Gasteiger partial charge in [0, 0.05) is 0 Å². The van der Waals surface area contributed by atoms with E-state index in [4.69, 9.17) is 9.72 Å². The van der Waals surface area contributed by atoms with Gasteiger partial charge in [-0.1, -0.05) is 0 Å². The number of hydrogen-bond acceptors (Lipinski definition) is 7. The van der Waals surface area contributed by atoms with Crippen molar-refractivity contribution in [3.05, 3.63) is 41.0 Å². The van der Waals surface area contributed by atoms with Crippen molar-refractivity contribution >= 4 is 61.8 Å². The second-order valence-electron chi connectivity index (χ2n) is 6.79. The molecule has 0 bridgehead atoms. The Labute approximate surface area is 170 Å². The first-order chi connectivity index (χ1) is 13.2. The molecule has 1 aliphatic heterocycles. The first-order valence-corrected chi connectivity index (χ1v) is 12.7. The molecule has 27 heavy (non-hydrogen) atoms. The van der Waals surface area contributed by atoms with Crippen LogP contribution in [0.2, 0.25) is 0 Å². The number of hydrogen-bond donors (Lipinski definition) is 0. The molecule has 0 spiro atoms. The van der Waals surface area contributed by atoms with E-state index in [9.17, 15) is 4.79 Å². The zero-order valence-corrected chi connectivity index (χ0v) is 18.2. The van der Waals surface area contributed by atoms with Gasteiger partial charge in [0.15, 0.2) is 0 Å². The average Bonchev–Trinajstić information content (AvgIpc) is 3.42. The van der Waals surface area contributed by atoms with Gasteiger partial charge in [-0.3, -0.25) is 0 Å². The van der Waals surface area contributed by atoms with Gasteiger partial charge >= 0.3 is 171 Å². The van der Waals surface area contributed by atoms with Crippen molar-refractivity contribution in [2.24, 2.45) is 0 Å². The molecule has 6 nitrogen and oxygen atoms in total. The first kappa shape index (κ1) is 17.2. The predicted octanol–water partition coefficient (Wildman–Crippen LogP) is 1.73. The Morgan fingerprint density at radius 1 is 1.15 bits per heavy atom. The van der Waals surface area contributed by atoms with E-state index in [-0.39, 0.29) is 5.97 Å². The third kappa shape index (κ3) is 3.62. The van der Waals surface area contributed by atoms with E-state index in [0.717, 1.165) is 25.9 Å². The average molecular weight is 483 g/mol. The van der Waals surface area contributed by atoms with Crippen LogP contribution in [0.25, 0.3) is 16.6 Å². The summed E-state index contributed by atoms with van der Waals surface area (Å²) in [5.41, 5.74) is 3.46. The Morgan fingerprint density at radius 2 is 2.04 bits per heavy atom. The second kappa shape index (κ2) is 7.27. The Kier molecular flexibility index (Phi) is 4.64. The predicted molar refractivity (Wildman–Crippen MR) is 105 cm³/mol. The number of aromatic nitrogens is 4. The van der Waals surface area contributed by atoms with Crippen LogP contribution in [0.1, 0.15) is 42.2 Å². The van der Waals surface area contributed by atoms with E-state index in [1.54, 1.807) is 17.5 Å². The maximum atomic E-state index is 11.3. The summed E-state index contributed by atoms with van der Waals surface area (Å²) in [6.07, 6.45) is 8.43. The van der Waals surface area contributed by atoms with Crippen molar-refractivity contribution in [1.82, 2.24) is 20.2 Å². The maximum absolute atomic E-state index is 11.3. The van der Waals surface area contributed by atoms with Gasteiger partial charge in [-0.25, -0.2) is 0 Å². The Hall–Kier alpha value is -1.87. The monoisotopic (exact) mass is 484 g/mol. The topological polar surface area (TPSA) is 77.9 Å². The molecule has 5 rings (SSSR count). The minimum atomic E-state index is -1.07. The summed E-state index contributed by atoms with van der Waals surface area (Å²) >= 11 is 0.714. The molecule has 1 saturated carbocycles. The van der Waals surface area contributed by atoms with Crippen LogP contribution in [0.4, 0.5) is 0 Å². The van der Waals surface area contributed by atoms with Gasteiger partial charge in [-0.15, -0.1) is 0 Å². The van der Waals surface area contributed by atoms with Crippen molar-refractivity contribution in [1.29, 1.82) is 0 Å². The van der Waals surface area contributed by atoms with Gasteiger partial charge in [0.1, 0.15) is 0 Å². The molecule has 1 aliphatic carbocycles. The molecule has 4 heterocycles. The van der Waals surface area contributed by atoms with Crippen LogP contribution in [-0.4, -0.2) is 53.9 Å². The van der Waals surface area contributed by atoms with Gasteiger partial charge in [-0.2, -0.15) is 0 Å². The van der Waals surface area contributed by atoms with Gasteiger partial charge < -0.3 is 0 Å². The van der Waals surface area contributed by atoms with Crippen molar-refractivity contribution in [3.8, 4) is 0 Å². The van der Waals surface area contributed by atoms with E-state index in [1.807, 2.05) is 12.1 Å². The zero-order valence-electron chi connectivity index (χ0n) is 14.5. The number of nitrogens with zero attached hydrogens (tertiary/aromatic N) is 4. The summed E-state index contributed by atoms with van der Waals surface area (Å²) in [5.74, 6) is 0.326. The quantitative estimate of drug-likeness (QED) is 0.416. The van der Waals surface area contributed by atoms with Crippen LogP contribution in [0.3, 0.4) is 0 Å². The molecule has 8 heteroatoms. The van der Waals surface area contributed by atoms with Gasteiger partial charge in [-0.05, 0) is 0 Å². The normalized spacial score (nSPS) is 17.5. The molecule has 1 fully saturated rings. The molecular weight excluding hydrogens is 467 g/mol. The van der Waals surface area contributed by atoms with Crippen molar-refractivity contribution < 1.29 is 9.53 Å². The Bertz CT molecular complexity index is 1060. The molecule has 0 atom stereocenters. The Morgan fingerprint density at radius 3 is 2.85 bits per heavy atom. The molecule has 134 valence electrons. The van der Waals surface area contributed by atoms with Crippen LogP contribution < -0.4 is 6.73 Å². The molecule has 0 amide bonds. The fourth-order valence-corrected chi connectivity index (χ4v) is 8.26. The molecule has 0 N–H and O–H groups in total. The molecule has 0 unspecified atom stereocenters. The van der Waals surface area contributed by atoms with E-state index in [1.165, 1.54) is 39.8 Å². The number of rotatable bonds is 4. The van der Waals surface area contributed by atoms with Crippen molar-refractivity contribution in [2.45, 2.75) is 31.6 Å². The molecule has 2 radical (unpaired) electrons. The van der Waals surface area contributed by atoms with E-state index >= 15 is 0 Å². The summed E-state index contributed by atoms with van der Waals surface area (Å²) in [4.78, 5) is 20.6. The van der Waals surface area contributed by atoms with Crippen LogP contribution in [0, 0.1) is 0 Å². The fourth-order valence-electron chi connectivity index (χ4n) is 3.53. The summed E-state index contributed by atoms with van der Waals surface area (Å²) in [6, 6.07) is 6.08. The number of esters is 1. The molecule has 0 aromatic carbocycles. The second-order valence-corrected chi connectivity index (χ2v) is 12.4. The molecule has 3 aromatic heterocycles. The molecule has 0 saturated heterocycles. The summed E-state index contributed by atoms with van der Waals surface area (Å²) in [5, 5.41) is 10.1. The number of pyridine rings is 2. The van der Waals surface area contributed by atoms with Crippen molar-refractivity contribution in [3.63, 3.8) is 0 Å². The molecule has 2 aliphatic rings. The van der Waals surface area contributed by atoms with E-state index in [0.29, 0.717) is 12.5 Å². The van der Waals surface area contributed by atoms with E-state index in [2.05, 4.69) is 21.2 Å². The zero-order chi connectivity index (χ0) is 18.2. The minimum absolute atomic E-state index is 0.296. The van der Waals surface area contributed by atoms with E-state index < -0.39 is 21.1 Å². The van der Waals surface area contributed by atoms with Crippen LogP contribution in [-0.2, 0) is 9.53 Å². The number of fused-ring (bicyclic) bond motifs is 1. The number of carbonyl (C=O) groups excluding carboxylic acids is 1. The fraction of sp³-hybridized carbons (Fsp3) is 0.316. The molecule has 3 aromatic rings. The third-order valence-corrected chi connectivity index (χ3v) is 9.83. The van der Waals surface area contributed by atoms with Crippen molar-refractivity contribution in [2.75, 3.05) is 6.61 Å². The van der Waals surface area contributed by atoms with Crippen LogP contribution in [0.5, 0.6) is 0 Å². The van der Waals surface area contributed by atoms with Gasteiger partial charge in [0.05, 0.1) is 0 Å². The number of carbonyl (C=O) groups is 1. The Balaban J connectivity index is 1.40. The van der Waals surface area contributed by atoms with Crippen LogP contribution >= 0.6 is 11.3 Å². The molecular formula is C19H16N4O2SSn. The van der Waals surface area contributed by atoms with Gasteiger partial charge in [0.2, 0.25) is 0 Å². The first-order valence-electron chi connectivity index (χ1n) is 8.99. The number of cyclic esters (lactones) is 1. The summed E-state index contributed by atoms with van der Waals surface area (Å²) in [6.45, 7) is 0.303. The third-order valence-electron chi connectivity index (χ3n) is 4.95. The SMILES string of the molecule is O=C1C=C(c2cnc3cc[c]([Sn][c]4nnc(C5CCCC5)s4)nc3c2)CO1. The summed E-state index contributed by atoms with van der Waals surface area (Å²) < 4.78 is 7.29. The van der Waals surface area contributed by atoms with Crippen LogP contribution in [0.15, 0.2) is 30.5 Å². The van der Waals surface area contributed by atoms with Gasteiger partial charge in [0.25, 0.3) is 0 Å². The number of ether oxygens (including phenoxy) is 1.